The Bertz CT molecular complexity index is 444. The summed E-state index contributed by atoms with van der Waals surface area (Å²) in [6, 6.07) is 8.37. The zero-order chi connectivity index (χ0) is 10.8. The van der Waals surface area contributed by atoms with E-state index in [4.69, 9.17) is 0 Å². The maximum atomic E-state index is 12.9. The van der Waals surface area contributed by atoms with E-state index < -0.39 is 0 Å². The molecule has 15 heavy (non-hydrogen) atoms. The standard InChI is InChI=1S/C13H15FS/c1-9(2)12(8-14)10-3-4-13-11(7-10)5-6-15-13/h3-7,9,12H,8H2,1-2H3. The van der Waals surface area contributed by atoms with Crippen molar-refractivity contribution in [3.63, 3.8) is 0 Å². The molecule has 2 rings (SSSR count). The van der Waals surface area contributed by atoms with Crippen LogP contribution in [0.1, 0.15) is 25.3 Å². The van der Waals surface area contributed by atoms with Gasteiger partial charge < -0.3 is 0 Å². The van der Waals surface area contributed by atoms with Crippen LogP contribution in [0.25, 0.3) is 10.1 Å². The van der Waals surface area contributed by atoms with E-state index in [1.54, 1.807) is 11.3 Å². The lowest BCUT2D eigenvalue weighted by atomic mass is 9.89. The van der Waals surface area contributed by atoms with Crippen molar-refractivity contribution in [2.24, 2.45) is 5.92 Å². The van der Waals surface area contributed by atoms with Gasteiger partial charge in [-0.15, -0.1) is 11.3 Å². The average molecular weight is 222 g/mol. The number of alkyl halides is 1. The summed E-state index contributed by atoms with van der Waals surface area (Å²) in [5.41, 5.74) is 1.12. The lowest BCUT2D eigenvalue weighted by Crippen LogP contribution is -2.08. The zero-order valence-electron chi connectivity index (χ0n) is 9.03. The van der Waals surface area contributed by atoms with Crippen molar-refractivity contribution >= 4 is 21.4 Å². The first kappa shape index (κ1) is 10.6. The van der Waals surface area contributed by atoms with Crippen molar-refractivity contribution in [3.8, 4) is 0 Å². The molecule has 1 aromatic heterocycles. The van der Waals surface area contributed by atoms with Gasteiger partial charge >= 0.3 is 0 Å². The summed E-state index contributed by atoms with van der Waals surface area (Å²) in [5, 5.41) is 3.31. The average Bonchev–Trinajstić information content (AvgIpc) is 2.65. The molecule has 0 saturated heterocycles. The largest absolute Gasteiger partial charge is 0.250 e. The summed E-state index contributed by atoms with van der Waals surface area (Å²) >= 11 is 1.73. The molecule has 0 aliphatic rings. The Morgan fingerprint density at radius 1 is 1.27 bits per heavy atom. The van der Waals surface area contributed by atoms with Crippen LogP contribution in [-0.2, 0) is 0 Å². The maximum Gasteiger partial charge on any atom is 0.0965 e. The highest BCUT2D eigenvalue weighted by Gasteiger charge is 2.15. The van der Waals surface area contributed by atoms with Gasteiger partial charge in [0.2, 0.25) is 0 Å². The first-order valence-corrected chi connectivity index (χ1v) is 6.13. The topological polar surface area (TPSA) is 0 Å². The molecule has 0 amide bonds. The van der Waals surface area contributed by atoms with Crippen LogP contribution in [0.2, 0.25) is 0 Å². The molecule has 2 aromatic rings. The van der Waals surface area contributed by atoms with Crippen LogP contribution >= 0.6 is 11.3 Å². The molecule has 0 bridgehead atoms. The second kappa shape index (κ2) is 4.31. The summed E-state index contributed by atoms with van der Waals surface area (Å²) in [6.45, 7) is 3.87. The number of hydrogen-bond donors (Lipinski definition) is 0. The molecule has 0 saturated carbocycles. The highest BCUT2D eigenvalue weighted by atomic mass is 32.1. The minimum Gasteiger partial charge on any atom is -0.250 e. The van der Waals surface area contributed by atoms with Crippen LogP contribution < -0.4 is 0 Å². The smallest absolute Gasteiger partial charge is 0.0965 e. The second-order valence-corrected chi connectivity index (χ2v) is 5.17. The van der Waals surface area contributed by atoms with Crippen molar-refractivity contribution in [2.75, 3.05) is 6.67 Å². The van der Waals surface area contributed by atoms with Crippen LogP contribution in [0.4, 0.5) is 4.39 Å². The van der Waals surface area contributed by atoms with Gasteiger partial charge in [-0.2, -0.15) is 0 Å². The van der Waals surface area contributed by atoms with E-state index in [1.807, 2.05) is 0 Å². The minimum atomic E-state index is -0.271. The summed E-state index contributed by atoms with van der Waals surface area (Å²) in [5.74, 6) is 0.389. The lowest BCUT2D eigenvalue weighted by Gasteiger charge is -2.17. The molecule has 0 nitrogen and oxygen atoms in total. The van der Waals surface area contributed by atoms with Crippen molar-refractivity contribution in [2.45, 2.75) is 19.8 Å². The lowest BCUT2D eigenvalue weighted by molar-refractivity contribution is 0.366. The van der Waals surface area contributed by atoms with E-state index in [1.165, 1.54) is 10.1 Å². The molecule has 0 spiro atoms. The summed E-state index contributed by atoms with van der Waals surface area (Å²) in [4.78, 5) is 0. The third-order valence-electron chi connectivity index (χ3n) is 2.88. The molecule has 0 radical (unpaired) electrons. The van der Waals surface area contributed by atoms with Crippen molar-refractivity contribution in [3.05, 3.63) is 35.2 Å². The Morgan fingerprint density at radius 2 is 2.07 bits per heavy atom. The predicted molar refractivity (Wildman–Crippen MR) is 65.4 cm³/mol. The monoisotopic (exact) mass is 222 g/mol. The Morgan fingerprint density at radius 3 is 2.73 bits per heavy atom. The minimum absolute atomic E-state index is 0.0364. The van der Waals surface area contributed by atoms with Crippen LogP contribution in [0.3, 0.4) is 0 Å². The maximum absolute atomic E-state index is 12.9. The molecule has 0 aliphatic heterocycles. The molecule has 1 atom stereocenters. The van der Waals surface area contributed by atoms with Crippen LogP contribution in [0.15, 0.2) is 29.6 Å². The van der Waals surface area contributed by atoms with Crippen molar-refractivity contribution in [1.29, 1.82) is 0 Å². The van der Waals surface area contributed by atoms with Gasteiger partial charge in [-0.05, 0) is 40.4 Å². The zero-order valence-corrected chi connectivity index (χ0v) is 9.85. The van der Waals surface area contributed by atoms with E-state index in [9.17, 15) is 4.39 Å². The van der Waals surface area contributed by atoms with E-state index in [0.717, 1.165) is 5.56 Å². The van der Waals surface area contributed by atoms with E-state index in [2.05, 4.69) is 43.5 Å². The van der Waals surface area contributed by atoms with Gasteiger partial charge in [-0.3, -0.25) is 4.39 Å². The van der Waals surface area contributed by atoms with Gasteiger partial charge in [0, 0.05) is 10.6 Å². The number of benzene rings is 1. The first-order valence-electron chi connectivity index (χ1n) is 5.25. The molecule has 1 unspecified atom stereocenters. The second-order valence-electron chi connectivity index (χ2n) is 4.22. The fourth-order valence-electron chi connectivity index (χ4n) is 1.87. The quantitative estimate of drug-likeness (QED) is 0.711. The van der Waals surface area contributed by atoms with Crippen molar-refractivity contribution < 1.29 is 4.39 Å². The summed E-state index contributed by atoms with van der Waals surface area (Å²) < 4.78 is 14.2. The van der Waals surface area contributed by atoms with Gasteiger partial charge in [-0.25, -0.2) is 0 Å². The number of fused-ring (bicyclic) bond motifs is 1. The normalized spacial score (nSPS) is 13.6. The van der Waals surface area contributed by atoms with E-state index in [0.29, 0.717) is 5.92 Å². The highest BCUT2D eigenvalue weighted by Crippen LogP contribution is 2.29. The molecular weight excluding hydrogens is 207 g/mol. The Labute approximate surface area is 93.7 Å². The van der Waals surface area contributed by atoms with Crippen LogP contribution in [-0.4, -0.2) is 6.67 Å². The summed E-state index contributed by atoms with van der Waals surface area (Å²) in [6.07, 6.45) is 0. The Kier molecular flexibility index (Phi) is 3.06. The van der Waals surface area contributed by atoms with E-state index >= 15 is 0 Å². The third-order valence-corrected chi connectivity index (χ3v) is 3.77. The number of rotatable bonds is 3. The molecule has 1 heterocycles. The Balaban J connectivity index is 2.41. The molecule has 0 N–H and O–H groups in total. The highest BCUT2D eigenvalue weighted by molar-refractivity contribution is 7.17. The van der Waals surface area contributed by atoms with Gasteiger partial charge in [0.25, 0.3) is 0 Å². The third kappa shape index (κ3) is 2.05. The molecule has 80 valence electrons. The molecule has 2 heteroatoms. The Hall–Kier alpha value is -0.890. The fourth-order valence-corrected chi connectivity index (χ4v) is 2.64. The van der Waals surface area contributed by atoms with Gasteiger partial charge in [0.15, 0.2) is 0 Å². The molecule has 0 fully saturated rings. The van der Waals surface area contributed by atoms with Crippen LogP contribution in [0, 0.1) is 5.92 Å². The molecule has 0 aliphatic carbocycles. The van der Waals surface area contributed by atoms with E-state index in [-0.39, 0.29) is 12.6 Å². The number of hydrogen-bond acceptors (Lipinski definition) is 1. The number of halogens is 1. The van der Waals surface area contributed by atoms with Gasteiger partial charge in [0.05, 0.1) is 6.67 Å². The van der Waals surface area contributed by atoms with Gasteiger partial charge in [-0.1, -0.05) is 19.9 Å². The van der Waals surface area contributed by atoms with Gasteiger partial charge in [0.1, 0.15) is 0 Å². The first-order chi connectivity index (χ1) is 7.22. The fraction of sp³-hybridized carbons (Fsp3) is 0.385. The molecule has 1 aromatic carbocycles. The van der Waals surface area contributed by atoms with Crippen LogP contribution in [0.5, 0.6) is 0 Å². The predicted octanol–water partition coefficient (Wildman–Crippen LogP) is 4.61. The van der Waals surface area contributed by atoms with Crippen molar-refractivity contribution in [1.82, 2.24) is 0 Å². The number of thiophene rings is 1. The molecular formula is C13H15FS. The summed E-state index contributed by atoms with van der Waals surface area (Å²) in [7, 11) is 0. The SMILES string of the molecule is CC(C)C(CF)c1ccc2sccc2c1.